The number of aliphatic hydroxyl groups excluding tert-OH is 1. The summed E-state index contributed by atoms with van der Waals surface area (Å²) in [5.41, 5.74) is 2.12. The molecule has 0 aliphatic heterocycles. The third kappa shape index (κ3) is 3.23. The molecular weight excluding hydrogens is 257 g/mol. The number of nitrogens with one attached hydrogen (secondary N) is 2. The van der Waals surface area contributed by atoms with Gasteiger partial charge < -0.3 is 10.4 Å². The normalized spacial score (nSPS) is 14.2. The lowest BCUT2D eigenvalue weighted by Gasteiger charge is -2.19. The van der Waals surface area contributed by atoms with E-state index >= 15 is 0 Å². The van der Waals surface area contributed by atoms with Gasteiger partial charge in [0.05, 0.1) is 11.9 Å². The maximum atomic E-state index is 13.8. The van der Waals surface area contributed by atoms with Crippen molar-refractivity contribution in [2.45, 2.75) is 26.4 Å². The Bertz CT molecular complexity index is 556. The first kappa shape index (κ1) is 14.7. The third-order valence-electron chi connectivity index (χ3n) is 3.62. The monoisotopic (exact) mass is 277 g/mol. The maximum Gasteiger partial charge on any atom is 0.132 e. The topological polar surface area (TPSA) is 60.9 Å². The van der Waals surface area contributed by atoms with E-state index in [1.807, 2.05) is 13.8 Å². The molecule has 2 atom stereocenters. The minimum atomic E-state index is -0.269. The van der Waals surface area contributed by atoms with Gasteiger partial charge in [-0.2, -0.15) is 5.10 Å². The Labute approximate surface area is 118 Å². The molecule has 1 aromatic heterocycles. The van der Waals surface area contributed by atoms with Crippen LogP contribution in [0.15, 0.2) is 30.5 Å². The number of nitrogens with zero attached hydrogens (tertiary/aromatic N) is 1. The van der Waals surface area contributed by atoms with Crippen LogP contribution in [0.4, 0.5) is 4.39 Å². The molecule has 3 N–H and O–H groups in total. The van der Waals surface area contributed by atoms with Gasteiger partial charge in [-0.3, -0.25) is 5.10 Å². The van der Waals surface area contributed by atoms with Gasteiger partial charge in [-0.15, -0.1) is 0 Å². The lowest BCUT2D eigenvalue weighted by molar-refractivity contribution is 0.207. The molecule has 0 amide bonds. The van der Waals surface area contributed by atoms with E-state index in [-0.39, 0.29) is 24.4 Å². The van der Waals surface area contributed by atoms with Crippen molar-refractivity contribution >= 4 is 0 Å². The van der Waals surface area contributed by atoms with Crippen LogP contribution in [0.3, 0.4) is 0 Å². The zero-order valence-electron chi connectivity index (χ0n) is 11.7. The summed E-state index contributed by atoms with van der Waals surface area (Å²) in [6.45, 7) is 4.71. The van der Waals surface area contributed by atoms with Gasteiger partial charge in [0, 0.05) is 30.3 Å². The zero-order chi connectivity index (χ0) is 14.5. The molecule has 2 unspecified atom stereocenters. The molecular formula is C15H20FN3O. The van der Waals surface area contributed by atoms with Gasteiger partial charge in [0.15, 0.2) is 0 Å². The average molecular weight is 277 g/mol. The number of aromatic amines is 1. The molecule has 20 heavy (non-hydrogen) atoms. The van der Waals surface area contributed by atoms with Gasteiger partial charge in [0.25, 0.3) is 0 Å². The van der Waals surface area contributed by atoms with Crippen molar-refractivity contribution in [3.63, 3.8) is 0 Å². The van der Waals surface area contributed by atoms with Crippen LogP contribution in [0, 0.1) is 11.7 Å². The highest BCUT2D eigenvalue weighted by Gasteiger charge is 2.14. The molecule has 0 radical (unpaired) electrons. The molecule has 0 fully saturated rings. The van der Waals surface area contributed by atoms with Crippen molar-refractivity contribution in [2.24, 2.45) is 5.92 Å². The number of hydrogen-bond acceptors (Lipinski definition) is 3. The van der Waals surface area contributed by atoms with E-state index in [1.165, 1.54) is 6.07 Å². The number of hydrogen-bond donors (Lipinski definition) is 3. The number of aliphatic hydroxyl groups is 1. The lowest BCUT2D eigenvalue weighted by Crippen LogP contribution is -2.33. The van der Waals surface area contributed by atoms with Crippen LogP contribution in [0.2, 0.25) is 0 Å². The number of rotatable bonds is 6. The average Bonchev–Trinajstić information content (AvgIpc) is 2.92. The lowest BCUT2D eigenvalue weighted by atomic mass is 10.0. The Morgan fingerprint density at radius 2 is 2.10 bits per heavy atom. The Kier molecular flexibility index (Phi) is 4.87. The molecule has 108 valence electrons. The van der Waals surface area contributed by atoms with Crippen molar-refractivity contribution in [2.75, 3.05) is 6.61 Å². The summed E-state index contributed by atoms with van der Waals surface area (Å²) < 4.78 is 13.8. The molecule has 1 heterocycles. The minimum absolute atomic E-state index is 0.139. The van der Waals surface area contributed by atoms with Crippen LogP contribution in [0.25, 0.3) is 11.3 Å². The van der Waals surface area contributed by atoms with E-state index < -0.39 is 0 Å². The smallest absolute Gasteiger partial charge is 0.132 e. The van der Waals surface area contributed by atoms with Crippen LogP contribution in [-0.4, -0.2) is 28.0 Å². The van der Waals surface area contributed by atoms with Crippen LogP contribution in [0.5, 0.6) is 0 Å². The van der Waals surface area contributed by atoms with Crippen molar-refractivity contribution in [3.05, 3.63) is 41.8 Å². The van der Waals surface area contributed by atoms with Gasteiger partial charge in [-0.05, 0) is 25.0 Å². The molecule has 2 rings (SSSR count). The molecule has 0 saturated heterocycles. The molecule has 0 aliphatic carbocycles. The van der Waals surface area contributed by atoms with Crippen molar-refractivity contribution in [1.29, 1.82) is 0 Å². The van der Waals surface area contributed by atoms with Gasteiger partial charge in [-0.25, -0.2) is 4.39 Å². The molecule has 5 heteroatoms. The van der Waals surface area contributed by atoms with E-state index in [4.69, 9.17) is 5.11 Å². The Balaban J connectivity index is 2.12. The molecule has 0 bridgehead atoms. The second-order valence-corrected chi connectivity index (χ2v) is 5.08. The standard InChI is InChI=1S/C15H20FN3O/c1-10(9-20)11(2)17-7-12-8-18-19-15(12)13-5-3-4-6-14(13)16/h3-6,8,10-11,17,20H,7,9H2,1-2H3,(H,18,19). The molecule has 0 saturated carbocycles. The molecule has 0 spiro atoms. The Morgan fingerprint density at radius 3 is 2.80 bits per heavy atom. The summed E-state index contributed by atoms with van der Waals surface area (Å²) in [5, 5.41) is 19.3. The highest BCUT2D eigenvalue weighted by molar-refractivity contribution is 5.63. The number of H-pyrrole nitrogens is 1. The van der Waals surface area contributed by atoms with Gasteiger partial charge in [0.2, 0.25) is 0 Å². The minimum Gasteiger partial charge on any atom is -0.396 e. The van der Waals surface area contributed by atoms with Crippen LogP contribution in [-0.2, 0) is 6.54 Å². The van der Waals surface area contributed by atoms with Gasteiger partial charge >= 0.3 is 0 Å². The SMILES string of the molecule is CC(CO)C(C)NCc1cn[nH]c1-c1ccccc1F. The zero-order valence-corrected chi connectivity index (χ0v) is 11.7. The summed E-state index contributed by atoms with van der Waals surface area (Å²) in [7, 11) is 0. The van der Waals surface area contributed by atoms with E-state index in [0.717, 1.165) is 5.56 Å². The van der Waals surface area contributed by atoms with Gasteiger partial charge in [0.1, 0.15) is 5.82 Å². The summed E-state index contributed by atoms with van der Waals surface area (Å²) >= 11 is 0. The molecule has 0 aliphatic rings. The first-order valence-electron chi connectivity index (χ1n) is 6.75. The fourth-order valence-corrected chi connectivity index (χ4v) is 1.97. The largest absolute Gasteiger partial charge is 0.396 e. The number of aromatic nitrogens is 2. The van der Waals surface area contributed by atoms with E-state index in [1.54, 1.807) is 24.4 Å². The summed E-state index contributed by atoms with van der Waals surface area (Å²) in [5.74, 6) is -0.103. The van der Waals surface area contributed by atoms with Crippen molar-refractivity contribution in [1.82, 2.24) is 15.5 Å². The fraction of sp³-hybridized carbons (Fsp3) is 0.400. The Morgan fingerprint density at radius 1 is 1.35 bits per heavy atom. The van der Waals surface area contributed by atoms with E-state index in [9.17, 15) is 4.39 Å². The first-order valence-corrected chi connectivity index (χ1v) is 6.75. The van der Waals surface area contributed by atoms with E-state index in [0.29, 0.717) is 17.8 Å². The highest BCUT2D eigenvalue weighted by Crippen LogP contribution is 2.23. The van der Waals surface area contributed by atoms with Gasteiger partial charge in [-0.1, -0.05) is 19.1 Å². The second kappa shape index (κ2) is 6.63. The fourth-order valence-electron chi connectivity index (χ4n) is 1.97. The van der Waals surface area contributed by atoms with Crippen LogP contribution in [0.1, 0.15) is 19.4 Å². The van der Waals surface area contributed by atoms with Crippen LogP contribution >= 0.6 is 0 Å². The summed E-state index contributed by atoms with van der Waals surface area (Å²) in [4.78, 5) is 0. The third-order valence-corrected chi connectivity index (χ3v) is 3.62. The van der Waals surface area contributed by atoms with Crippen molar-refractivity contribution in [3.8, 4) is 11.3 Å². The summed E-state index contributed by atoms with van der Waals surface area (Å²) in [6, 6.07) is 6.80. The summed E-state index contributed by atoms with van der Waals surface area (Å²) in [6.07, 6.45) is 1.70. The highest BCUT2D eigenvalue weighted by atomic mass is 19.1. The second-order valence-electron chi connectivity index (χ2n) is 5.08. The molecule has 4 nitrogen and oxygen atoms in total. The molecule has 1 aromatic carbocycles. The predicted octanol–water partition coefficient (Wildman–Crippen LogP) is 2.32. The predicted molar refractivity (Wildman–Crippen MR) is 76.5 cm³/mol. The Hall–Kier alpha value is -1.72. The number of benzene rings is 1. The van der Waals surface area contributed by atoms with Crippen molar-refractivity contribution < 1.29 is 9.50 Å². The first-order chi connectivity index (χ1) is 9.63. The molecule has 2 aromatic rings. The number of halogens is 1. The van der Waals surface area contributed by atoms with E-state index in [2.05, 4.69) is 15.5 Å². The van der Waals surface area contributed by atoms with Crippen LogP contribution < -0.4 is 5.32 Å². The quantitative estimate of drug-likeness (QED) is 0.759. The maximum absolute atomic E-state index is 13.8.